The van der Waals surface area contributed by atoms with E-state index in [-0.39, 0.29) is 0 Å². The van der Waals surface area contributed by atoms with E-state index >= 15 is 0 Å². The number of hydrogen-bond donors (Lipinski definition) is 0. The van der Waals surface area contributed by atoms with Crippen LogP contribution >= 0.6 is 0 Å². The molecule has 1 aliphatic heterocycles. The zero-order valence-electron chi connectivity index (χ0n) is 9.15. The zero-order chi connectivity index (χ0) is 10.7. The first-order valence-electron chi connectivity index (χ1n) is 5.24. The van der Waals surface area contributed by atoms with Gasteiger partial charge >= 0.3 is 0 Å². The van der Waals surface area contributed by atoms with Gasteiger partial charge in [0.25, 0.3) is 0 Å². The normalized spacial score (nSPS) is 17.9. The van der Waals surface area contributed by atoms with E-state index in [1.807, 2.05) is 12.1 Å². The Morgan fingerprint density at radius 3 is 2.60 bits per heavy atom. The summed E-state index contributed by atoms with van der Waals surface area (Å²) in [5.41, 5.74) is 1.24. The molecule has 0 aliphatic carbocycles. The van der Waals surface area contributed by atoms with Gasteiger partial charge in [-0.15, -0.1) is 0 Å². The van der Waals surface area contributed by atoms with Crippen molar-refractivity contribution in [2.45, 2.75) is 0 Å². The standard InChI is InChI=1S/C12H17N2O/c1-13-6-8-14(9-7-13)11-4-3-5-12(10-11)15-2/h3-5,10H,1,6-9H2,2H3. The predicted molar refractivity (Wildman–Crippen MR) is 62.1 cm³/mol. The minimum Gasteiger partial charge on any atom is -0.497 e. The average Bonchev–Trinajstić information content (AvgIpc) is 2.30. The van der Waals surface area contributed by atoms with Crippen molar-refractivity contribution < 1.29 is 4.74 Å². The SMILES string of the molecule is [CH2]N1CCN(c2cccc(OC)c2)CC1. The van der Waals surface area contributed by atoms with E-state index in [0.29, 0.717) is 0 Å². The van der Waals surface area contributed by atoms with Gasteiger partial charge in [-0.05, 0) is 12.1 Å². The molecular weight excluding hydrogens is 188 g/mol. The van der Waals surface area contributed by atoms with Gasteiger partial charge in [-0.2, -0.15) is 0 Å². The Morgan fingerprint density at radius 1 is 1.20 bits per heavy atom. The van der Waals surface area contributed by atoms with E-state index in [1.165, 1.54) is 5.69 Å². The number of rotatable bonds is 2. The maximum Gasteiger partial charge on any atom is 0.120 e. The molecule has 0 atom stereocenters. The highest BCUT2D eigenvalue weighted by Gasteiger charge is 2.14. The van der Waals surface area contributed by atoms with Gasteiger partial charge < -0.3 is 9.64 Å². The molecule has 1 aromatic rings. The third-order valence-electron chi connectivity index (χ3n) is 2.79. The molecule has 0 spiro atoms. The quantitative estimate of drug-likeness (QED) is 0.729. The molecule has 3 heteroatoms. The topological polar surface area (TPSA) is 15.7 Å². The summed E-state index contributed by atoms with van der Waals surface area (Å²) in [4.78, 5) is 4.47. The average molecular weight is 205 g/mol. The minimum atomic E-state index is 0.921. The molecule has 0 aromatic heterocycles. The summed E-state index contributed by atoms with van der Waals surface area (Å²) in [7, 11) is 5.64. The highest BCUT2D eigenvalue weighted by Crippen LogP contribution is 2.21. The highest BCUT2D eigenvalue weighted by molar-refractivity contribution is 5.51. The van der Waals surface area contributed by atoms with Crippen LogP contribution in [0.15, 0.2) is 24.3 Å². The van der Waals surface area contributed by atoms with Gasteiger partial charge in [-0.25, -0.2) is 0 Å². The van der Waals surface area contributed by atoms with E-state index in [9.17, 15) is 0 Å². The molecule has 0 unspecified atom stereocenters. The Labute approximate surface area is 91.2 Å². The number of ether oxygens (including phenoxy) is 1. The highest BCUT2D eigenvalue weighted by atomic mass is 16.5. The number of benzene rings is 1. The van der Waals surface area contributed by atoms with Crippen LogP contribution in [0.2, 0.25) is 0 Å². The van der Waals surface area contributed by atoms with E-state index in [0.717, 1.165) is 31.9 Å². The molecule has 2 rings (SSSR count). The van der Waals surface area contributed by atoms with Crippen LogP contribution in [-0.2, 0) is 0 Å². The van der Waals surface area contributed by atoms with Crippen LogP contribution in [0, 0.1) is 7.05 Å². The van der Waals surface area contributed by atoms with E-state index in [2.05, 4.69) is 29.0 Å². The molecule has 1 radical (unpaired) electrons. The Hall–Kier alpha value is -1.22. The summed E-state index contributed by atoms with van der Waals surface area (Å²) in [6.07, 6.45) is 0. The second kappa shape index (κ2) is 4.53. The molecule has 0 N–H and O–H groups in total. The fraction of sp³-hybridized carbons (Fsp3) is 0.417. The van der Waals surface area contributed by atoms with E-state index in [1.54, 1.807) is 7.11 Å². The summed E-state index contributed by atoms with van der Waals surface area (Å²) in [5, 5.41) is 0. The molecule has 3 nitrogen and oxygen atoms in total. The summed E-state index contributed by atoms with van der Waals surface area (Å²) in [6.45, 7) is 4.13. The lowest BCUT2D eigenvalue weighted by atomic mass is 10.2. The molecule has 1 heterocycles. The fourth-order valence-electron chi connectivity index (χ4n) is 1.81. The summed E-state index contributed by atoms with van der Waals surface area (Å²) < 4.78 is 5.22. The maximum atomic E-state index is 5.22. The molecule has 1 aromatic carbocycles. The van der Waals surface area contributed by atoms with Gasteiger partial charge in [0.15, 0.2) is 0 Å². The molecular formula is C12H17N2O. The molecule has 81 valence electrons. The van der Waals surface area contributed by atoms with Crippen molar-refractivity contribution in [2.75, 3.05) is 38.2 Å². The first kappa shape index (κ1) is 10.3. The zero-order valence-corrected chi connectivity index (χ0v) is 9.15. The smallest absolute Gasteiger partial charge is 0.120 e. The van der Waals surface area contributed by atoms with Crippen molar-refractivity contribution in [1.82, 2.24) is 4.90 Å². The van der Waals surface area contributed by atoms with Gasteiger partial charge in [-0.3, -0.25) is 4.90 Å². The Balaban J connectivity index is 2.08. The van der Waals surface area contributed by atoms with Gasteiger partial charge in [0.1, 0.15) is 5.75 Å². The summed E-state index contributed by atoms with van der Waals surface area (Å²) in [5.74, 6) is 0.921. The van der Waals surface area contributed by atoms with Crippen molar-refractivity contribution >= 4 is 5.69 Å². The van der Waals surface area contributed by atoms with Crippen LogP contribution in [0.4, 0.5) is 5.69 Å². The Morgan fingerprint density at radius 2 is 1.93 bits per heavy atom. The van der Waals surface area contributed by atoms with Crippen molar-refractivity contribution in [3.8, 4) is 5.75 Å². The number of methoxy groups -OCH3 is 1. The lowest BCUT2D eigenvalue weighted by Crippen LogP contribution is -2.43. The van der Waals surface area contributed by atoms with Crippen molar-refractivity contribution in [2.24, 2.45) is 0 Å². The third kappa shape index (κ3) is 2.42. The van der Waals surface area contributed by atoms with Crippen LogP contribution in [0.5, 0.6) is 5.75 Å². The monoisotopic (exact) mass is 205 g/mol. The molecule has 0 saturated carbocycles. The molecule has 1 fully saturated rings. The second-order valence-electron chi connectivity index (χ2n) is 3.81. The number of nitrogens with zero attached hydrogens (tertiary/aromatic N) is 2. The largest absolute Gasteiger partial charge is 0.497 e. The van der Waals surface area contributed by atoms with Crippen LogP contribution in [-0.4, -0.2) is 38.2 Å². The number of anilines is 1. The van der Waals surface area contributed by atoms with Gasteiger partial charge in [0.05, 0.1) is 7.11 Å². The molecule has 1 saturated heterocycles. The maximum absolute atomic E-state index is 5.22. The minimum absolute atomic E-state index is 0.921. The van der Waals surface area contributed by atoms with Crippen LogP contribution < -0.4 is 9.64 Å². The van der Waals surface area contributed by atoms with Crippen LogP contribution in [0.3, 0.4) is 0 Å². The molecule has 15 heavy (non-hydrogen) atoms. The molecule has 0 bridgehead atoms. The van der Waals surface area contributed by atoms with Crippen molar-refractivity contribution in [3.05, 3.63) is 31.3 Å². The summed E-state index contributed by atoms with van der Waals surface area (Å²) >= 11 is 0. The number of piperazine rings is 1. The lowest BCUT2D eigenvalue weighted by Gasteiger charge is -2.34. The van der Waals surface area contributed by atoms with Gasteiger partial charge in [0, 0.05) is 45.0 Å². The van der Waals surface area contributed by atoms with Crippen LogP contribution in [0.1, 0.15) is 0 Å². The first-order chi connectivity index (χ1) is 7.29. The van der Waals surface area contributed by atoms with E-state index in [4.69, 9.17) is 4.74 Å². The second-order valence-corrected chi connectivity index (χ2v) is 3.81. The summed E-state index contributed by atoms with van der Waals surface area (Å²) in [6, 6.07) is 8.21. The lowest BCUT2D eigenvalue weighted by molar-refractivity contribution is 0.344. The number of hydrogen-bond acceptors (Lipinski definition) is 3. The molecule has 0 amide bonds. The van der Waals surface area contributed by atoms with Crippen molar-refractivity contribution in [1.29, 1.82) is 0 Å². The third-order valence-corrected chi connectivity index (χ3v) is 2.79. The predicted octanol–water partition coefficient (Wildman–Crippen LogP) is 1.61. The van der Waals surface area contributed by atoms with E-state index < -0.39 is 0 Å². The molecule has 1 aliphatic rings. The fourth-order valence-corrected chi connectivity index (χ4v) is 1.81. The Kier molecular flexibility index (Phi) is 3.11. The van der Waals surface area contributed by atoms with Gasteiger partial charge in [-0.1, -0.05) is 6.07 Å². The first-order valence-corrected chi connectivity index (χ1v) is 5.24. The van der Waals surface area contributed by atoms with Gasteiger partial charge in [0.2, 0.25) is 0 Å². The van der Waals surface area contributed by atoms with Crippen LogP contribution in [0.25, 0.3) is 0 Å². The Bertz CT molecular complexity index is 319. The van der Waals surface area contributed by atoms with Crippen molar-refractivity contribution in [3.63, 3.8) is 0 Å².